The van der Waals surface area contributed by atoms with Gasteiger partial charge in [-0.15, -0.1) is 0 Å². The largest absolute Gasteiger partial charge is 0.315 e. The molecular formula is C14H19FN2O. The monoisotopic (exact) mass is 250 g/mol. The van der Waals surface area contributed by atoms with Crippen LogP contribution in [-0.2, 0) is 11.2 Å². The molecule has 0 atom stereocenters. The molecule has 2 rings (SSSR count). The van der Waals surface area contributed by atoms with Gasteiger partial charge >= 0.3 is 0 Å². The van der Waals surface area contributed by atoms with Crippen LogP contribution in [0, 0.1) is 5.82 Å². The molecule has 0 unspecified atom stereocenters. The summed E-state index contributed by atoms with van der Waals surface area (Å²) in [5.41, 5.74) is 0.757. The molecule has 4 heteroatoms. The maximum Gasteiger partial charge on any atom is 0.151 e. The van der Waals surface area contributed by atoms with E-state index in [9.17, 15) is 9.18 Å². The van der Waals surface area contributed by atoms with Crippen molar-refractivity contribution < 1.29 is 9.18 Å². The van der Waals surface area contributed by atoms with Crippen molar-refractivity contribution in [2.24, 2.45) is 0 Å². The van der Waals surface area contributed by atoms with Crippen molar-refractivity contribution in [2.75, 3.05) is 32.7 Å². The first kappa shape index (κ1) is 13.2. The molecule has 0 radical (unpaired) electrons. The van der Waals surface area contributed by atoms with E-state index in [2.05, 4.69) is 10.2 Å². The van der Waals surface area contributed by atoms with Gasteiger partial charge in [-0.05, 0) is 37.2 Å². The summed E-state index contributed by atoms with van der Waals surface area (Å²) in [6.45, 7) is 4.30. The molecule has 0 bridgehead atoms. The van der Waals surface area contributed by atoms with Crippen molar-refractivity contribution in [1.82, 2.24) is 10.2 Å². The molecule has 1 N–H and O–H groups in total. The normalized spacial score (nSPS) is 17.4. The maximum absolute atomic E-state index is 13.0. The molecule has 1 saturated heterocycles. The van der Waals surface area contributed by atoms with Crippen LogP contribution in [0.4, 0.5) is 4.39 Å². The number of halogens is 1. The van der Waals surface area contributed by atoms with E-state index in [0.29, 0.717) is 13.0 Å². The SMILES string of the molecule is O=C(Cc1cccc(F)c1)CN1CCCNCC1. The number of hydrogen-bond donors (Lipinski definition) is 1. The molecule has 98 valence electrons. The van der Waals surface area contributed by atoms with E-state index >= 15 is 0 Å². The number of nitrogens with zero attached hydrogens (tertiary/aromatic N) is 1. The second-order valence-electron chi connectivity index (χ2n) is 4.73. The highest BCUT2D eigenvalue weighted by molar-refractivity contribution is 5.82. The molecule has 1 aromatic rings. The zero-order valence-electron chi connectivity index (χ0n) is 10.5. The highest BCUT2D eigenvalue weighted by Crippen LogP contribution is 2.05. The number of benzene rings is 1. The third kappa shape index (κ3) is 4.20. The summed E-state index contributed by atoms with van der Waals surface area (Å²) in [5.74, 6) is -0.123. The predicted octanol–water partition coefficient (Wildman–Crippen LogP) is 1.23. The van der Waals surface area contributed by atoms with Crippen molar-refractivity contribution in [2.45, 2.75) is 12.8 Å². The highest BCUT2D eigenvalue weighted by atomic mass is 19.1. The zero-order valence-corrected chi connectivity index (χ0v) is 10.5. The molecule has 0 spiro atoms. The van der Waals surface area contributed by atoms with Crippen LogP contribution in [-0.4, -0.2) is 43.4 Å². The summed E-state index contributed by atoms with van der Waals surface area (Å²) >= 11 is 0. The number of rotatable bonds is 4. The number of Topliss-reactive ketones (excluding diaryl/α,β-unsaturated/α-hetero) is 1. The van der Waals surface area contributed by atoms with Crippen LogP contribution in [0.3, 0.4) is 0 Å². The van der Waals surface area contributed by atoms with Crippen molar-refractivity contribution in [3.63, 3.8) is 0 Å². The Balaban J connectivity index is 1.84. The van der Waals surface area contributed by atoms with Gasteiger partial charge in [-0.2, -0.15) is 0 Å². The lowest BCUT2D eigenvalue weighted by Crippen LogP contribution is -2.33. The van der Waals surface area contributed by atoms with Crippen LogP contribution < -0.4 is 5.32 Å². The standard InChI is InChI=1S/C14H19FN2O/c15-13-4-1-3-12(9-13)10-14(18)11-17-7-2-5-16-6-8-17/h1,3-4,9,16H,2,5-8,10-11H2. The quantitative estimate of drug-likeness (QED) is 0.872. The molecule has 1 aromatic carbocycles. The molecule has 1 heterocycles. The average Bonchev–Trinajstić information content (AvgIpc) is 2.57. The topological polar surface area (TPSA) is 32.3 Å². The Morgan fingerprint density at radius 1 is 1.33 bits per heavy atom. The van der Waals surface area contributed by atoms with E-state index in [0.717, 1.165) is 38.2 Å². The zero-order chi connectivity index (χ0) is 12.8. The number of nitrogens with one attached hydrogen (secondary N) is 1. The lowest BCUT2D eigenvalue weighted by Gasteiger charge is -2.18. The minimum Gasteiger partial charge on any atom is -0.315 e. The summed E-state index contributed by atoms with van der Waals surface area (Å²) < 4.78 is 13.0. The van der Waals surface area contributed by atoms with E-state index < -0.39 is 0 Å². The third-order valence-electron chi connectivity index (χ3n) is 3.12. The van der Waals surface area contributed by atoms with Gasteiger partial charge in [0.25, 0.3) is 0 Å². The molecule has 1 aliphatic rings. The smallest absolute Gasteiger partial charge is 0.151 e. The molecule has 0 aromatic heterocycles. The molecule has 18 heavy (non-hydrogen) atoms. The van der Waals surface area contributed by atoms with Crippen LogP contribution in [0.15, 0.2) is 24.3 Å². The summed E-state index contributed by atoms with van der Waals surface area (Å²) in [7, 11) is 0. The Bertz CT molecular complexity index is 401. The minimum absolute atomic E-state index is 0.155. The Labute approximate surface area is 107 Å². The van der Waals surface area contributed by atoms with E-state index in [1.165, 1.54) is 12.1 Å². The molecular weight excluding hydrogens is 231 g/mol. The van der Waals surface area contributed by atoms with Crippen LogP contribution >= 0.6 is 0 Å². The van der Waals surface area contributed by atoms with Gasteiger partial charge in [-0.1, -0.05) is 12.1 Å². The summed E-state index contributed by atoms with van der Waals surface area (Å²) in [5, 5.41) is 3.31. The lowest BCUT2D eigenvalue weighted by atomic mass is 10.1. The molecule has 0 saturated carbocycles. The fraction of sp³-hybridized carbons (Fsp3) is 0.500. The molecule has 0 aliphatic carbocycles. The van der Waals surface area contributed by atoms with E-state index in [1.807, 2.05) is 0 Å². The van der Waals surface area contributed by atoms with Crippen molar-refractivity contribution in [3.05, 3.63) is 35.6 Å². The lowest BCUT2D eigenvalue weighted by molar-refractivity contribution is -0.119. The first-order valence-electron chi connectivity index (χ1n) is 6.43. The first-order valence-corrected chi connectivity index (χ1v) is 6.43. The number of carbonyl (C=O) groups is 1. The van der Waals surface area contributed by atoms with Crippen LogP contribution in [0.5, 0.6) is 0 Å². The first-order chi connectivity index (χ1) is 8.74. The molecule has 1 aliphatic heterocycles. The second kappa shape index (κ2) is 6.61. The van der Waals surface area contributed by atoms with E-state index in [-0.39, 0.29) is 11.6 Å². The average molecular weight is 250 g/mol. The summed E-state index contributed by atoms with van der Waals surface area (Å²) in [6, 6.07) is 6.27. The second-order valence-corrected chi connectivity index (χ2v) is 4.73. The summed E-state index contributed by atoms with van der Waals surface area (Å²) in [4.78, 5) is 14.1. The van der Waals surface area contributed by atoms with E-state index in [1.54, 1.807) is 12.1 Å². The van der Waals surface area contributed by atoms with Gasteiger partial charge < -0.3 is 5.32 Å². The Morgan fingerprint density at radius 3 is 3.06 bits per heavy atom. The Kier molecular flexibility index (Phi) is 4.84. The molecule has 3 nitrogen and oxygen atoms in total. The Morgan fingerprint density at radius 2 is 2.22 bits per heavy atom. The fourth-order valence-corrected chi connectivity index (χ4v) is 2.24. The predicted molar refractivity (Wildman–Crippen MR) is 69.0 cm³/mol. The fourth-order valence-electron chi connectivity index (χ4n) is 2.24. The van der Waals surface area contributed by atoms with Gasteiger partial charge in [0.1, 0.15) is 5.82 Å². The van der Waals surface area contributed by atoms with Crippen LogP contribution in [0.1, 0.15) is 12.0 Å². The maximum atomic E-state index is 13.0. The molecule has 1 fully saturated rings. The number of ketones is 1. The minimum atomic E-state index is -0.278. The Hall–Kier alpha value is -1.26. The van der Waals surface area contributed by atoms with Crippen LogP contribution in [0.2, 0.25) is 0 Å². The van der Waals surface area contributed by atoms with Gasteiger partial charge in [-0.25, -0.2) is 4.39 Å². The van der Waals surface area contributed by atoms with Gasteiger partial charge in [0.05, 0.1) is 6.54 Å². The number of carbonyl (C=O) groups excluding carboxylic acids is 1. The number of hydrogen-bond acceptors (Lipinski definition) is 3. The third-order valence-corrected chi connectivity index (χ3v) is 3.12. The van der Waals surface area contributed by atoms with Gasteiger partial charge in [0, 0.05) is 19.5 Å². The van der Waals surface area contributed by atoms with Gasteiger partial charge in [-0.3, -0.25) is 9.69 Å². The van der Waals surface area contributed by atoms with Crippen LogP contribution in [0.25, 0.3) is 0 Å². The highest BCUT2D eigenvalue weighted by Gasteiger charge is 2.13. The van der Waals surface area contributed by atoms with Crippen molar-refractivity contribution >= 4 is 5.78 Å². The van der Waals surface area contributed by atoms with E-state index in [4.69, 9.17) is 0 Å². The van der Waals surface area contributed by atoms with Gasteiger partial charge in [0.15, 0.2) is 5.78 Å². The van der Waals surface area contributed by atoms with Crippen molar-refractivity contribution in [1.29, 1.82) is 0 Å². The molecule has 0 amide bonds. The van der Waals surface area contributed by atoms with Gasteiger partial charge in [0.2, 0.25) is 0 Å². The summed E-state index contributed by atoms with van der Waals surface area (Å²) in [6.07, 6.45) is 1.40. The van der Waals surface area contributed by atoms with Crippen molar-refractivity contribution in [3.8, 4) is 0 Å².